The highest BCUT2D eigenvalue weighted by atomic mass is 32.1. The lowest BCUT2D eigenvalue weighted by molar-refractivity contribution is 0.0205. The molecule has 0 spiro atoms. The van der Waals surface area contributed by atoms with Crippen molar-refractivity contribution in [3.63, 3.8) is 0 Å². The van der Waals surface area contributed by atoms with Crippen molar-refractivity contribution in [1.29, 1.82) is 0 Å². The van der Waals surface area contributed by atoms with E-state index < -0.39 is 5.60 Å². The minimum Gasteiger partial charge on any atom is -0.444 e. The van der Waals surface area contributed by atoms with E-state index in [1.54, 1.807) is 11.3 Å². The predicted octanol–water partition coefficient (Wildman–Crippen LogP) is 5.02. The summed E-state index contributed by atoms with van der Waals surface area (Å²) in [6.45, 7) is 7.29. The lowest BCUT2D eigenvalue weighted by Gasteiger charge is -2.33. The summed E-state index contributed by atoms with van der Waals surface area (Å²) in [5.41, 5.74) is 1.01. The number of ether oxygens (including phenoxy) is 1. The lowest BCUT2D eigenvalue weighted by atomic mass is 9.88. The van der Waals surface area contributed by atoms with E-state index in [1.165, 1.54) is 15.6 Å². The van der Waals surface area contributed by atoms with Gasteiger partial charge in [0.15, 0.2) is 0 Å². The first kappa shape index (κ1) is 15.3. The van der Waals surface area contributed by atoms with Gasteiger partial charge in [0.1, 0.15) is 5.60 Å². The average molecular weight is 317 g/mol. The molecule has 1 aromatic carbocycles. The summed E-state index contributed by atoms with van der Waals surface area (Å²) in [6.07, 6.45) is 1.84. The van der Waals surface area contributed by atoms with Crippen LogP contribution in [0.2, 0.25) is 0 Å². The van der Waals surface area contributed by atoms with Gasteiger partial charge in [-0.25, -0.2) is 4.79 Å². The molecule has 0 N–H and O–H groups in total. The number of carbonyl (C=O) groups is 1. The third kappa shape index (κ3) is 3.27. The van der Waals surface area contributed by atoms with Crippen molar-refractivity contribution in [1.82, 2.24) is 4.90 Å². The molecule has 0 bridgehead atoms. The van der Waals surface area contributed by atoms with Crippen molar-refractivity contribution in [3.05, 3.63) is 35.2 Å². The summed E-state index contributed by atoms with van der Waals surface area (Å²) in [6, 6.07) is 8.78. The quantitative estimate of drug-likeness (QED) is 0.739. The highest BCUT2D eigenvalue weighted by Crippen LogP contribution is 2.35. The number of benzene rings is 1. The number of fused-ring (bicyclic) bond motifs is 1. The fourth-order valence-corrected chi connectivity index (χ4v) is 3.89. The molecule has 0 radical (unpaired) electrons. The second kappa shape index (κ2) is 5.92. The first-order valence-electron chi connectivity index (χ1n) is 7.88. The predicted molar refractivity (Wildman–Crippen MR) is 91.6 cm³/mol. The Morgan fingerprint density at radius 2 is 1.95 bits per heavy atom. The third-order valence-corrected chi connectivity index (χ3v) is 5.00. The number of rotatable bonds is 1. The molecule has 1 aliphatic rings. The minimum atomic E-state index is -0.420. The second-order valence-electron chi connectivity index (χ2n) is 6.92. The normalized spacial score (nSPS) is 17.0. The molecule has 0 aliphatic carbocycles. The molecule has 22 heavy (non-hydrogen) atoms. The van der Waals surface area contributed by atoms with Crippen LogP contribution in [0.25, 0.3) is 10.1 Å². The van der Waals surface area contributed by atoms with Crippen molar-refractivity contribution in [3.8, 4) is 0 Å². The maximum atomic E-state index is 12.1. The Morgan fingerprint density at radius 3 is 2.64 bits per heavy atom. The van der Waals surface area contributed by atoms with Crippen molar-refractivity contribution in [2.24, 2.45) is 0 Å². The van der Waals surface area contributed by atoms with Crippen LogP contribution in [-0.2, 0) is 4.74 Å². The van der Waals surface area contributed by atoms with Crippen LogP contribution in [0.4, 0.5) is 4.79 Å². The summed E-state index contributed by atoms with van der Waals surface area (Å²) < 4.78 is 6.82. The Morgan fingerprint density at radius 1 is 1.23 bits per heavy atom. The molecule has 1 aliphatic heterocycles. The zero-order valence-electron chi connectivity index (χ0n) is 13.5. The van der Waals surface area contributed by atoms with Gasteiger partial charge in [-0.15, -0.1) is 11.3 Å². The molecule has 3 rings (SSSR count). The molecule has 0 atom stereocenters. The number of nitrogens with zero attached hydrogens (tertiary/aromatic N) is 1. The van der Waals surface area contributed by atoms with Gasteiger partial charge in [0.2, 0.25) is 0 Å². The van der Waals surface area contributed by atoms with E-state index in [1.807, 2.05) is 25.7 Å². The smallest absolute Gasteiger partial charge is 0.410 e. The first-order chi connectivity index (χ1) is 10.4. The summed E-state index contributed by atoms with van der Waals surface area (Å²) in [5.74, 6) is 0.539. The number of thiophene rings is 1. The molecular formula is C18H23NO2S. The van der Waals surface area contributed by atoms with Crippen LogP contribution >= 0.6 is 11.3 Å². The van der Waals surface area contributed by atoms with E-state index in [4.69, 9.17) is 4.74 Å². The van der Waals surface area contributed by atoms with Crippen LogP contribution in [0.15, 0.2) is 29.6 Å². The van der Waals surface area contributed by atoms with Gasteiger partial charge in [-0.2, -0.15) is 0 Å². The van der Waals surface area contributed by atoms with E-state index in [0.29, 0.717) is 5.92 Å². The zero-order valence-corrected chi connectivity index (χ0v) is 14.3. The standard InChI is InChI=1S/C18H23NO2S/c1-18(2,3)21-17(20)19-10-7-13(8-11-19)14-5-4-6-16-15(14)9-12-22-16/h4-6,9,12-13H,7-8,10-11H2,1-3H3. The Bertz CT molecular complexity index is 663. The maximum Gasteiger partial charge on any atom is 0.410 e. The fourth-order valence-electron chi connectivity index (χ4n) is 3.07. The number of likely N-dealkylation sites (tertiary alicyclic amines) is 1. The van der Waals surface area contributed by atoms with Crippen LogP contribution < -0.4 is 0 Å². The molecule has 3 nitrogen and oxygen atoms in total. The van der Waals surface area contributed by atoms with Crippen LogP contribution in [0, 0.1) is 0 Å². The molecule has 0 saturated carbocycles. The molecular weight excluding hydrogens is 294 g/mol. The largest absolute Gasteiger partial charge is 0.444 e. The molecule has 118 valence electrons. The van der Waals surface area contributed by atoms with Crippen molar-refractivity contribution < 1.29 is 9.53 Å². The number of piperidine rings is 1. The summed E-state index contributed by atoms with van der Waals surface area (Å²) in [7, 11) is 0. The number of carbonyl (C=O) groups excluding carboxylic acids is 1. The van der Waals surface area contributed by atoms with Gasteiger partial charge >= 0.3 is 6.09 Å². The lowest BCUT2D eigenvalue weighted by Crippen LogP contribution is -2.41. The molecule has 0 unspecified atom stereocenters. The number of hydrogen-bond acceptors (Lipinski definition) is 3. The first-order valence-corrected chi connectivity index (χ1v) is 8.76. The average Bonchev–Trinajstić information content (AvgIpc) is 2.94. The Hall–Kier alpha value is -1.55. The zero-order chi connectivity index (χ0) is 15.7. The van der Waals surface area contributed by atoms with E-state index >= 15 is 0 Å². The fraction of sp³-hybridized carbons (Fsp3) is 0.500. The van der Waals surface area contributed by atoms with Crippen LogP contribution in [-0.4, -0.2) is 29.7 Å². The van der Waals surface area contributed by atoms with Crippen LogP contribution in [0.5, 0.6) is 0 Å². The van der Waals surface area contributed by atoms with Crippen LogP contribution in [0.1, 0.15) is 45.1 Å². The molecule has 1 aromatic heterocycles. The van der Waals surface area contributed by atoms with Gasteiger partial charge in [0, 0.05) is 17.8 Å². The SMILES string of the molecule is CC(C)(C)OC(=O)N1CCC(c2cccc3sccc23)CC1. The molecule has 1 amide bonds. The highest BCUT2D eigenvalue weighted by molar-refractivity contribution is 7.17. The van der Waals surface area contributed by atoms with Gasteiger partial charge < -0.3 is 9.64 Å². The van der Waals surface area contributed by atoms with E-state index in [9.17, 15) is 4.79 Å². The highest BCUT2D eigenvalue weighted by Gasteiger charge is 2.28. The summed E-state index contributed by atoms with van der Waals surface area (Å²) >= 11 is 1.79. The topological polar surface area (TPSA) is 29.5 Å². The Labute approximate surface area is 135 Å². The maximum absolute atomic E-state index is 12.1. The van der Waals surface area contributed by atoms with Gasteiger partial charge in [0.25, 0.3) is 0 Å². The summed E-state index contributed by atoms with van der Waals surface area (Å²) in [5, 5.41) is 3.53. The monoisotopic (exact) mass is 317 g/mol. The third-order valence-electron chi connectivity index (χ3n) is 4.12. The number of amides is 1. The minimum absolute atomic E-state index is 0.181. The Balaban J connectivity index is 1.67. The summed E-state index contributed by atoms with van der Waals surface area (Å²) in [4.78, 5) is 14.0. The van der Waals surface area contributed by atoms with Crippen molar-refractivity contribution >= 4 is 27.5 Å². The van der Waals surface area contributed by atoms with Gasteiger partial charge in [-0.05, 0) is 68.0 Å². The number of hydrogen-bond donors (Lipinski definition) is 0. The molecule has 4 heteroatoms. The second-order valence-corrected chi connectivity index (χ2v) is 7.87. The van der Waals surface area contributed by atoms with Gasteiger partial charge in [0.05, 0.1) is 0 Å². The Kier molecular flexibility index (Phi) is 4.13. The molecule has 2 aromatic rings. The van der Waals surface area contributed by atoms with Crippen molar-refractivity contribution in [2.45, 2.75) is 45.1 Å². The van der Waals surface area contributed by atoms with E-state index in [0.717, 1.165) is 25.9 Å². The van der Waals surface area contributed by atoms with Crippen molar-refractivity contribution in [2.75, 3.05) is 13.1 Å². The molecule has 1 saturated heterocycles. The van der Waals surface area contributed by atoms with E-state index in [2.05, 4.69) is 29.6 Å². The molecule has 2 heterocycles. The van der Waals surface area contributed by atoms with Gasteiger partial charge in [-0.1, -0.05) is 12.1 Å². The van der Waals surface area contributed by atoms with Gasteiger partial charge in [-0.3, -0.25) is 0 Å². The van der Waals surface area contributed by atoms with Crippen LogP contribution in [0.3, 0.4) is 0 Å². The molecule has 1 fully saturated rings. The van der Waals surface area contributed by atoms with E-state index in [-0.39, 0.29) is 6.09 Å².